The van der Waals surface area contributed by atoms with Gasteiger partial charge in [-0.25, -0.2) is 14.8 Å². The van der Waals surface area contributed by atoms with Gasteiger partial charge in [-0.2, -0.15) is 8.42 Å². The lowest BCUT2D eigenvalue weighted by Gasteiger charge is -2.26. The fourth-order valence-corrected chi connectivity index (χ4v) is 4.27. The number of H-pyrrole nitrogens is 1. The molecule has 1 aliphatic carbocycles. The molecule has 0 aliphatic heterocycles. The van der Waals surface area contributed by atoms with E-state index in [2.05, 4.69) is 25.6 Å². The molecule has 3 N–H and O–H groups in total. The number of benzene rings is 2. The van der Waals surface area contributed by atoms with Crippen LogP contribution in [0, 0.1) is 0 Å². The van der Waals surface area contributed by atoms with Gasteiger partial charge in [0, 0.05) is 30.2 Å². The number of carbonyl (C=O) groups is 1. The third-order valence-corrected chi connectivity index (χ3v) is 6.52. The second kappa shape index (κ2) is 8.00. The lowest BCUT2D eigenvalue weighted by molar-refractivity contribution is 0.240. The molecule has 1 fully saturated rings. The summed E-state index contributed by atoms with van der Waals surface area (Å²) in [6, 6.07) is 10.8. The number of amides is 2. The van der Waals surface area contributed by atoms with Crippen LogP contribution >= 0.6 is 0 Å². The van der Waals surface area contributed by atoms with Crippen molar-refractivity contribution in [1.82, 2.24) is 24.8 Å². The smallest absolute Gasteiger partial charge is 0.339 e. The summed E-state index contributed by atoms with van der Waals surface area (Å²) in [5.41, 5.74) is 1.88. The van der Waals surface area contributed by atoms with Gasteiger partial charge in [-0.3, -0.25) is 5.32 Å². The Kier molecular flexibility index (Phi) is 5.02. The van der Waals surface area contributed by atoms with Crippen molar-refractivity contribution in [1.29, 1.82) is 0 Å². The third-order valence-electron chi connectivity index (χ3n) is 5.26. The monoisotopic (exact) mass is 452 g/mol. The van der Waals surface area contributed by atoms with Crippen molar-refractivity contribution in [3.63, 3.8) is 0 Å². The zero-order valence-electron chi connectivity index (χ0n) is 16.9. The minimum atomic E-state index is -4.03. The first-order valence-corrected chi connectivity index (χ1v) is 11.5. The van der Waals surface area contributed by atoms with Gasteiger partial charge in [0.1, 0.15) is 10.6 Å². The van der Waals surface area contributed by atoms with Crippen LogP contribution in [0.5, 0.6) is 5.75 Å². The first-order valence-electron chi connectivity index (χ1n) is 10.1. The van der Waals surface area contributed by atoms with Crippen LogP contribution in [-0.4, -0.2) is 40.0 Å². The van der Waals surface area contributed by atoms with Crippen LogP contribution in [-0.2, 0) is 10.1 Å². The summed E-state index contributed by atoms with van der Waals surface area (Å²) in [4.78, 5) is 23.3. The highest BCUT2D eigenvalue weighted by Crippen LogP contribution is 2.25. The number of aromatic nitrogens is 4. The number of nitrogens with zero attached hydrogens (tertiary/aromatic N) is 3. The van der Waals surface area contributed by atoms with Crippen LogP contribution in [0.1, 0.15) is 19.3 Å². The van der Waals surface area contributed by atoms with E-state index < -0.39 is 10.1 Å². The number of hydrogen-bond acceptors (Lipinski definition) is 6. The molecule has 0 saturated heterocycles. The molecule has 2 heterocycles. The number of hydrogen-bond donors (Lipinski definition) is 3. The average Bonchev–Trinajstić information content (AvgIpc) is 3.40. The molecule has 0 spiro atoms. The van der Waals surface area contributed by atoms with E-state index in [1.165, 1.54) is 24.3 Å². The topological polar surface area (TPSA) is 131 Å². The highest BCUT2D eigenvalue weighted by Gasteiger charge is 2.20. The molecule has 5 rings (SSSR count). The van der Waals surface area contributed by atoms with Crippen molar-refractivity contribution >= 4 is 33.1 Å². The Morgan fingerprint density at radius 2 is 1.97 bits per heavy atom. The SMILES string of the molecule is O=C(Nc1nc2cc(OS(=O)(=O)c3ccc(-n4ccnc4)cc3)ccc2[nH]1)NC1CCC1. The van der Waals surface area contributed by atoms with E-state index in [1.54, 1.807) is 41.5 Å². The van der Waals surface area contributed by atoms with E-state index in [-0.39, 0.29) is 28.7 Å². The van der Waals surface area contributed by atoms with Crippen molar-refractivity contribution in [2.45, 2.75) is 30.2 Å². The molecular formula is C21H20N6O4S. The number of anilines is 1. The van der Waals surface area contributed by atoms with Gasteiger partial charge in [-0.1, -0.05) is 0 Å². The fourth-order valence-electron chi connectivity index (χ4n) is 3.35. The summed E-state index contributed by atoms with van der Waals surface area (Å²) >= 11 is 0. The quantitative estimate of drug-likeness (QED) is 0.385. The number of aromatic amines is 1. The molecule has 11 heteroatoms. The summed E-state index contributed by atoms with van der Waals surface area (Å²) < 4.78 is 32.4. The molecule has 164 valence electrons. The second-order valence-electron chi connectivity index (χ2n) is 7.49. The Morgan fingerprint density at radius 1 is 1.16 bits per heavy atom. The Labute approximate surface area is 183 Å². The molecule has 0 radical (unpaired) electrons. The highest BCUT2D eigenvalue weighted by atomic mass is 32.2. The van der Waals surface area contributed by atoms with Crippen molar-refractivity contribution in [3.8, 4) is 11.4 Å². The fraction of sp³-hybridized carbons (Fsp3) is 0.190. The Morgan fingerprint density at radius 3 is 2.66 bits per heavy atom. The normalized spacial score (nSPS) is 14.1. The van der Waals surface area contributed by atoms with Crippen molar-refractivity contribution < 1.29 is 17.4 Å². The van der Waals surface area contributed by atoms with Crippen molar-refractivity contribution in [2.75, 3.05) is 5.32 Å². The van der Waals surface area contributed by atoms with Crippen LogP contribution in [0.15, 0.2) is 66.1 Å². The molecule has 32 heavy (non-hydrogen) atoms. The molecule has 4 aromatic rings. The predicted molar refractivity (Wildman–Crippen MR) is 117 cm³/mol. The lowest BCUT2D eigenvalue weighted by atomic mass is 9.93. The maximum absolute atomic E-state index is 12.7. The van der Waals surface area contributed by atoms with E-state index in [9.17, 15) is 13.2 Å². The number of urea groups is 1. The van der Waals surface area contributed by atoms with Crippen molar-refractivity contribution in [2.24, 2.45) is 0 Å². The van der Waals surface area contributed by atoms with E-state index in [0.717, 1.165) is 24.9 Å². The Bertz CT molecular complexity index is 1360. The average molecular weight is 452 g/mol. The van der Waals surface area contributed by atoms with Crippen LogP contribution in [0.4, 0.5) is 10.7 Å². The number of fused-ring (bicyclic) bond motifs is 1. The Hall–Kier alpha value is -3.86. The minimum absolute atomic E-state index is 0.0264. The molecular weight excluding hydrogens is 432 g/mol. The number of imidazole rings is 2. The van der Waals surface area contributed by atoms with Gasteiger partial charge in [0.25, 0.3) is 0 Å². The Balaban J connectivity index is 1.30. The maximum atomic E-state index is 12.7. The third kappa shape index (κ3) is 4.14. The summed E-state index contributed by atoms with van der Waals surface area (Å²) in [5, 5.41) is 5.52. The molecule has 1 aliphatic rings. The van der Waals surface area contributed by atoms with Gasteiger partial charge < -0.3 is 19.1 Å². The minimum Gasteiger partial charge on any atom is -0.379 e. The maximum Gasteiger partial charge on any atom is 0.339 e. The molecule has 0 bridgehead atoms. The van der Waals surface area contributed by atoms with E-state index in [1.807, 2.05) is 0 Å². The molecule has 1 saturated carbocycles. The predicted octanol–water partition coefficient (Wildman–Crippen LogP) is 3.19. The second-order valence-corrected chi connectivity index (χ2v) is 9.04. The van der Waals surface area contributed by atoms with Crippen LogP contribution in [0.3, 0.4) is 0 Å². The summed E-state index contributed by atoms with van der Waals surface area (Å²) in [6.45, 7) is 0. The lowest BCUT2D eigenvalue weighted by Crippen LogP contribution is -2.42. The van der Waals surface area contributed by atoms with Crippen LogP contribution in [0.2, 0.25) is 0 Å². The largest absolute Gasteiger partial charge is 0.379 e. The van der Waals surface area contributed by atoms with Crippen LogP contribution in [0.25, 0.3) is 16.7 Å². The van der Waals surface area contributed by atoms with Gasteiger partial charge in [0.2, 0.25) is 5.95 Å². The number of nitrogens with one attached hydrogen (secondary N) is 3. The highest BCUT2D eigenvalue weighted by molar-refractivity contribution is 7.87. The summed E-state index contributed by atoms with van der Waals surface area (Å²) in [7, 11) is -4.03. The molecule has 0 unspecified atom stereocenters. The van der Waals surface area contributed by atoms with Gasteiger partial charge in [0.15, 0.2) is 0 Å². The van der Waals surface area contributed by atoms with Gasteiger partial charge in [0.05, 0.1) is 17.4 Å². The first kappa shape index (κ1) is 20.1. The van der Waals surface area contributed by atoms with Gasteiger partial charge in [-0.05, 0) is 55.7 Å². The van der Waals surface area contributed by atoms with E-state index in [0.29, 0.717) is 11.0 Å². The standard InChI is InChI=1S/C21H20N6O4S/c28-21(23-14-2-1-3-14)26-20-24-18-9-6-16(12-19(18)25-20)31-32(29,30)17-7-4-15(5-8-17)27-11-10-22-13-27/h4-14H,1-3H2,(H3,23,24,25,26,28). The molecule has 10 nitrogen and oxygen atoms in total. The van der Waals surface area contributed by atoms with Crippen molar-refractivity contribution in [3.05, 3.63) is 61.2 Å². The zero-order valence-corrected chi connectivity index (χ0v) is 17.7. The number of carbonyl (C=O) groups excluding carboxylic acids is 1. The summed E-state index contributed by atoms with van der Waals surface area (Å²) in [6.07, 6.45) is 8.11. The van der Waals surface area contributed by atoms with E-state index >= 15 is 0 Å². The molecule has 2 aromatic carbocycles. The van der Waals surface area contributed by atoms with E-state index in [4.69, 9.17) is 4.18 Å². The molecule has 2 amide bonds. The molecule has 2 aromatic heterocycles. The number of rotatable bonds is 6. The van der Waals surface area contributed by atoms with Gasteiger partial charge >= 0.3 is 16.1 Å². The first-order chi connectivity index (χ1) is 15.5. The van der Waals surface area contributed by atoms with Gasteiger partial charge in [-0.15, -0.1) is 0 Å². The zero-order chi connectivity index (χ0) is 22.1. The van der Waals surface area contributed by atoms with Crippen LogP contribution < -0.4 is 14.8 Å². The molecule has 0 atom stereocenters. The summed E-state index contributed by atoms with van der Waals surface area (Å²) in [5.74, 6) is 0.389.